The number of aryl methyl sites for hydroxylation is 1. The molecule has 29 heavy (non-hydrogen) atoms. The Bertz CT molecular complexity index is 1050. The first-order valence-electron chi connectivity index (χ1n) is 8.71. The van der Waals surface area contributed by atoms with Crippen molar-refractivity contribution in [3.05, 3.63) is 57.6 Å². The van der Waals surface area contributed by atoms with Gasteiger partial charge in [-0.1, -0.05) is 35.3 Å². The van der Waals surface area contributed by atoms with Gasteiger partial charge in [0.15, 0.2) is 6.61 Å². The fourth-order valence-corrected chi connectivity index (χ4v) is 4.30. The van der Waals surface area contributed by atoms with Gasteiger partial charge in [-0.15, -0.1) is 0 Å². The summed E-state index contributed by atoms with van der Waals surface area (Å²) in [5, 5.41) is 2.97. The topological polar surface area (TPSA) is 102 Å². The van der Waals surface area contributed by atoms with Gasteiger partial charge in [0.05, 0.1) is 26.2 Å². The highest BCUT2D eigenvalue weighted by Crippen LogP contribution is 2.29. The summed E-state index contributed by atoms with van der Waals surface area (Å²) in [5.74, 6) is -1.45. The summed E-state index contributed by atoms with van der Waals surface area (Å²) >= 11 is 12.0. The van der Waals surface area contributed by atoms with E-state index < -0.39 is 28.5 Å². The molecule has 0 radical (unpaired) electrons. The molecule has 0 aliphatic heterocycles. The summed E-state index contributed by atoms with van der Waals surface area (Å²) in [6, 6.07) is 8.86. The molecule has 0 spiro atoms. The molecule has 0 unspecified atom stereocenters. The highest BCUT2D eigenvalue weighted by molar-refractivity contribution is 7.89. The molecule has 1 aliphatic carbocycles. The van der Waals surface area contributed by atoms with Gasteiger partial charge >= 0.3 is 5.97 Å². The molecule has 1 aliphatic rings. The zero-order valence-corrected chi connectivity index (χ0v) is 17.7. The standard InChI is InChI=1S/C19H18Cl2N2O5S/c1-11-5-8-13(29(26,27)23-12-6-7-12)9-14(11)19(25)28-10-17(24)22-18-15(20)3-2-4-16(18)21/h2-5,8-9,12,23H,6-7,10H2,1H3,(H,22,24). The number of hydrogen-bond acceptors (Lipinski definition) is 5. The summed E-state index contributed by atoms with van der Waals surface area (Å²) < 4.78 is 32.3. The van der Waals surface area contributed by atoms with Gasteiger partial charge in [0.1, 0.15) is 0 Å². The fraction of sp³-hybridized carbons (Fsp3) is 0.263. The summed E-state index contributed by atoms with van der Waals surface area (Å²) in [6.07, 6.45) is 1.59. The van der Waals surface area contributed by atoms with E-state index in [2.05, 4.69) is 10.0 Å². The monoisotopic (exact) mass is 456 g/mol. The molecule has 2 N–H and O–H groups in total. The van der Waals surface area contributed by atoms with Crippen LogP contribution in [0.1, 0.15) is 28.8 Å². The van der Waals surface area contributed by atoms with E-state index >= 15 is 0 Å². The van der Waals surface area contributed by atoms with Crippen molar-refractivity contribution in [1.82, 2.24) is 4.72 Å². The Morgan fingerprint density at radius 3 is 2.41 bits per heavy atom. The predicted octanol–water partition coefficient (Wildman–Crippen LogP) is 3.54. The van der Waals surface area contributed by atoms with Crippen LogP contribution in [0, 0.1) is 6.92 Å². The Morgan fingerprint density at radius 2 is 1.79 bits per heavy atom. The van der Waals surface area contributed by atoms with E-state index in [1.807, 2.05) is 0 Å². The van der Waals surface area contributed by atoms with Crippen molar-refractivity contribution in [3.8, 4) is 0 Å². The van der Waals surface area contributed by atoms with Crippen molar-refractivity contribution in [2.45, 2.75) is 30.7 Å². The molecule has 3 rings (SSSR count). The zero-order chi connectivity index (χ0) is 21.2. The van der Waals surface area contributed by atoms with Crippen molar-refractivity contribution < 1.29 is 22.7 Å². The van der Waals surface area contributed by atoms with Gasteiger partial charge < -0.3 is 10.1 Å². The average Bonchev–Trinajstić information content (AvgIpc) is 3.46. The van der Waals surface area contributed by atoms with Gasteiger partial charge in [0.2, 0.25) is 10.0 Å². The van der Waals surface area contributed by atoms with Gasteiger partial charge in [-0.05, 0) is 49.6 Å². The van der Waals surface area contributed by atoms with Gasteiger partial charge in [-0.2, -0.15) is 0 Å². The number of sulfonamides is 1. The molecule has 1 saturated carbocycles. The number of anilines is 1. The minimum Gasteiger partial charge on any atom is -0.452 e. The third kappa shape index (κ3) is 5.48. The van der Waals surface area contributed by atoms with Gasteiger partial charge in [-0.3, -0.25) is 4.79 Å². The van der Waals surface area contributed by atoms with Crippen LogP contribution in [0.2, 0.25) is 10.0 Å². The third-order valence-electron chi connectivity index (χ3n) is 4.20. The second kappa shape index (κ2) is 8.71. The van der Waals surface area contributed by atoms with Crippen LogP contribution in [-0.2, 0) is 19.6 Å². The number of amides is 1. The van der Waals surface area contributed by atoms with E-state index in [0.717, 1.165) is 12.8 Å². The summed E-state index contributed by atoms with van der Waals surface area (Å²) in [7, 11) is -3.72. The molecule has 0 saturated heterocycles. The number of ether oxygens (including phenoxy) is 1. The maximum Gasteiger partial charge on any atom is 0.338 e. The fourth-order valence-electron chi connectivity index (χ4n) is 2.48. The molecule has 2 aromatic rings. The molecule has 7 nitrogen and oxygen atoms in total. The first-order chi connectivity index (χ1) is 13.7. The lowest BCUT2D eigenvalue weighted by molar-refractivity contribution is -0.119. The van der Waals surface area contributed by atoms with Crippen molar-refractivity contribution in [1.29, 1.82) is 0 Å². The van der Waals surface area contributed by atoms with Gasteiger partial charge in [0.25, 0.3) is 5.91 Å². The maximum absolute atomic E-state index is 12.4. The molecule has 2 aromatic carbocycles. The Labute approximate surface area is 178 Å². The molecule has 0 heterocycles. The Balaban J connectivity index is 1.67. The van der Waals surface area contributed by atoms with Crippen LogP contribution in [0.4, 0.5) is 5.69 Å². The van der Waals surface area contributed by atoms with Crippen LogP contribution in [0.25, 0.3) is 0 Å². The second-order valence-corrected chi connectivity index (χ2v) is 9.12. The minimum atomic E-state index is -3.72. The number of hydrogen-bond donors (Lipinski definition) is 2. The quantitative estimate of drug-likeness (QED) is 0.620. The summed E-state index contributed by atoms with van der Waals surface area (Å²) in [5.41, 5.74) is 0.800. The summed E-state index contributed by atoms with van der Waals surface area (Å²) in [4.78, 5) is 24.4. The van der Waals surface area contributed by atoms with Gasteiger partial charge in [0, 0.05) is 6.04 Å². The Hall–Kier alpha value is -2.13. The molecule has 1 amide bonds. The predicted molar refractivity (Wildman–Crippen MR) is 110 cm³/mol. The highest BCUT2D eigenvalue weighted by Gasteiger charge is 2.28. The van der Waals surface area contributed by atoms with Crippen LogP contribution in [0.5, 0.6) is 0 Å². The molecule has 10 heteroatoms. The van der Waals surface area contributed by atoms with Gasteiger partial charge in [-0.25, -0.2) is 17.9 Å². The third-order valence-corrected chi connectivity index (χ3v) is 6.35. The molecule has 154 valence electrons. The van der Waals surface area contributed by atoms with Crippen molar-refractivity contribution in [2.75, 3.05) is 11.9 Å². The van der Waals surface area contributed by atoms with Crippen molar-refractivity contribution >= 4 is 50.8 Å². The van der Waals surface area contributed by atoms with E-state index in [1.54, 1.807) is 25.1 Å². The zero-order valence-electron chi connectivity index (χ0n) is 15.4. The van der Waals surface area contributed by atoms with Crippen LogP contribution >= 0.6 is 23.2 Å². The molecular formula is C19H18Cl2N2O5S. The Kier molecular flexibility index (Phi) is 6.48. The lowest BCUT2D eigenvalue weighted by Crippen LogP contribution is -2.26. The number of halogens is 2. The highest BCUT2D eigenvalue weighted by atomic mass is 35.5. The number of para-hydroxylation sites is 1. The molecular weight excluding hydrogens is 439 g/mol. The van der Waals surface area contributed by atoms with E-state index in [1.165, 1.54) is 18.2 Å². The van der Waals surface area contributed by atoms with E-state index in [-0.39, 0.29) is 32.2 Å². The Morgan fingerprint density at radius 1 is 1.14 bits per heavy atom. The lowest BCUT2D eigenvalue weighted by Gasteiger charge is -2.11. The minimum absolute atomic E-state index is 0.0331. The molecule has 0 atom stereocenters. The number of nitrogens with one attached hydrogen (secondary N) is 2. The van der Waals surface area contributed by atoms with E-state index in [0.29, 0.717) is 5.56 Å². The number of rotatable bonds is 7. The van der Waals surface area contributed by atoms with Crippen LogP contribution in [0.3, 0.4) is 0 Å². The van der Waals surface area contributed by atoms with Crippen LogP contribution in [-0.4, -0.2) is 32.9 Å². The largest absolute Gasteiger partial charge is 0.452 e. The molecule has 0 bridgehead atoms. The normalized spacial score (nSPS) is 13.8. The molecule has 1 fully saturated rings. The van der Waals surface area contributed by atoms with E-state index in [9.17, 15) is 18.0 Å². The number of esters is 1. The smallest absolute Gasteiger partial charge is 0.338 e. The number of carbonyl (C=O) groups is 2. The first kappa shape index (κ1) is 21.6. The lowest BCUT2D eigenvalue weighted by atomic mass is 10.1. The van der Waals surface area contributed by atoms with E-state index in [4.69, 9.17) is 27.9 Å². The summed E-state index contributed by atoms with van der Waals surface area (Å²) in [6.45, 7) is 1.06. The molecule has 0 aromatic heterocycles. The van der Waals surface area contributed by atoms with Crippen molar-refractivity contribution in [2.24, 2.45) is 0 Å². The average molecular weight is 457 g/mol. The number of benzene rings is 2. The second-order valence-electron chi connectivity index (χ2n) is 6.59. The SMILES string of the molecule is Cc1ccc(S(=O)(=O)NC2CC2)cc1C(=O)OCC(=O)Nc1c(Cl)cccc1Cl. The van der Waals surface area contributed by atoms with Crippen LogP contribution in [0.15, 0.2) is 41.3 Å². The maximum atomic E-state index is 12.4. The number of carbonyl (C=O) groups excluding carboxylic acids is 2. The van der Waals surface area contributed by atoms with Crippen LogP contribution < -0.4 is 10.0 Å². The first-order valence-corrected chi connectivity index (χ1v) is 11.0. The van der Waals surface area contributed by atoms with Crippen molar-refractivity contribution in [3.63, 3.8) is 0 Å².